The second kappa shape index (κ2) is 11.2. The molecule has 0 aliphatic heterocycles. The Bertz CT molecular complexity index is 1530. The minimum Gasteiger partial charge on any atom is -0.497 e. The Kier molecular flexibility index (Phi) is 7.58. The van der Waals surface area contributed by atoms with E-state index >= 15 is 0 Å². The minimum atomic E-state index is -1.26. The fourth-order valence-corrected chi connectivity index (χ4v) is 3.78. The van der Waals surface area contributed by atoms with E-state index in [9.17, 15) is 14.4 Å². The van der Waals surface area contributed by atoms with Crippen LogP contribution in [0.4, 0.5) is 0 Å². The largest absolute Gasteiger partial charge is 0.497 e. The van der Waals surface area contributed by atoms with Gasteiger partial charge in [0.1, 0.15) is 17.2 Å². The van der Waals surface area contributed by atoms with E-state index in [4.69, 9.17) is 9.47 Å². The van der Waals surface area contributed by atoms with Gasteiger partial charge in [-0.2, -0.15) is 10.2 Å². The highest BCUT2D eigenvalue weighted by Crippen LogP contribution is 2.25. The maximum atomic E-state index is 13.4. The molecule has 0 aliphatic carbocycles. The molecule has 1 aromatic heterocycles. The average Bonchev–Trinajstić information content (AvgIpc) is 2.95. The zero-order valence-electron chi connectivity index (χ0n) is 20.4. The number of nitrogens with one attached hydrogen (secondary N) is 3. The van der Waals surface area contributed by atoms with Gasteiger partial charge in [0.15, 0.2) is 6.04 Å². The lowest BCUT2D eigenvalue weighted by Crippen LogP contribution is -2.40. The summed E-state index contributed by atoms with van der Waals surface area (Å²) in [5.41, 5.74) is 3.73. The summed E-state index contributed by atoms with van der Waals surface area (Å²) in [6, 6.07) is 19.1. The first-order valence-electron chi connectivity index (χ1n) is 11.3. The number of carbonyl (C=O) groups excluding carboxylic acids is 2. The van der Waals surface area contributed by atoms with Crippen LogP contribution in [0.3, 0.4) is 0 Å². The van der Waals surface area contributed by atoms with Crippen molar-refractivity contribution in [2.45, 2.75) is 13.0 Å². The predicted octanol–water partition coefficient (Wildman–Crippen LogP) is 2.95. The number of carbonyl (C=O) groups is 2. The molecular weight excluding hydrogens is 474 g/mol. The molecule has 188 valence electrons. The predicted molar refractivity (Wildman–Crippen MR) is 139 cm³/mol. The van der Waals surface area contributed by atoms with Crippen molar-refractivity contribution in [3.63, 3.8) is 0 Å². The molecule has 1 atom stereocenters. The van der Waals surface area contributed by atoms with E-state index in [1.807, 2.05) is 0 Å². The van der Waals surface area contributed by atoms with Crippen molar-refractivity contribution in [2.24, 2.45) is 5.10 Å². The molecule has 4 rings (SSSR count). The standard InChI is InChI=1S/C27H25N5O5/c1-16(19-14-13-18(36-2)15-22(19)37-3)29-32-27(35)24(28-25(33)17-9-5-4-6-10-17)23-20-11-7-8-12-21(20)26(34)31-30-23/h4-15,24H,1-3H3,(H,28,33)(H,31,34)(H,32,35)/b29-16+. The normalized spacial score (nSPS) is 12.0. The molecule has 0 saturated heterocycles. The van der Waals surface area contributed by atoms with Crippen molar-refractivity contribution in [1.29, 1.82) is 0 Å². The molecule has 37 heavy (non-hydrogen) atoms. The van der Waals surface area contributed by atoms with Gasteiger partial charge in [-0.15, -0.1) is 0 Å². The number of ether oxygens (including phenoxy) is 2. The van der Waals surface area contributed by atoms with Gasteiger partial charge in [0, 0.05) is 22.6 Å². The number of nitrogens with zero attached hydrogens (tertiary/aromatic N) is 2. The Balaban J connectivity index is 1.69. The van der Waals surface area contributed by atoms with Crippen molar-refractivity contribution in [3.8, 4) is 11.5 Å². The van der Waals surface area contributed by atoms with Gasteiger partial charge in [0.2, 0.25) is 0 Å². The SMILES string of the molecule is COc1ccc(/C(C)=N/NC(=O)C(NC(=O)c2ccccc2)c2n[nH]c(=O)c3ccccc23)c(OC)c1. The molecule has 3 aromatic carbocycles. The molecule has 0 radical (unpaired) electrons. The maximum Gasteiger partial charge on any atom is 0.272 e. The quantitative estimate of drug-likeness (QED) is 0.252. The van der Waals surface area contributed by atoms with E-state index in [1.54, 1.807) is 86.8 Å². The van der Waals surface area contributed by atoms with E-state index in [1.165, 1.54) is 7.11 Å². The molecule has 1 heterocycles. The van der Waals surface area contributed by atoms with Crippen molar-refractivity contribution in [2.75, 3.05) is 14.2 Å². The third-order valence-electron chi connectivity index (χ3n) is 5.70. The van der Waals surface area contributed by atoms with Crippen LogP contribution in [0.2, 0.25) is 0 Å². The first-order chi connectivity index (χ1) is 17.9. The van der Waals surface area contributed by atoms with Gasteiger partial charge in [-0.25, -0.2) is 10.5 Å². The molecular formula is C27H25N5O5. The summed E-state index contributed by atoms with van der Waals surface area (Å²) >= 11 is 0. The smallest absolute Gasteiger partial charge is 0.272 e. The lowest BCUT2D eigenvalue weighted by Gasteiger charge is -2.18. The highest BCUT2D eigenvalue weighted by Gasteiger charge is 2.27. The van der Waals surface area contributed by atoms with Crippen LogP contribution in [0.15, 0.2) is 82.7 Å². The fraction of sp³-hybridized carbons (Fsp3) is 0.148. The van der Waals surface area contributed by atoms with E-state index in [0.717, 1.165) is 0 Å². The summed E-state index contributed by atoms with van der Waals surface area (Å²) in [5.74, 6) is -0.0228. The molecule has 10 nitrogen and oxygen atoms in total. The van der Waals surface area contributed by atoms with Gasteiger partial charge in [-0.1, -0.05) is 36.4 Å². The first-order valence-corrected chi connectivity index (χ1v) is 11.3. The van der Waals surface area contributed by atoms with Crippen molar-refractivity contribution in [3.05, 3.63) is 100.0 Å². The van der Waals surface area contributed by atoms with E-state index in [-0.39, 0.29) is 5.69 Å². The molecule has 10 heteroatoms. The summed E-state index contributed by atoms with van der Waals surface area (Å²) in [5, 5.41) is 14.2. The third-order valence-corrected chi connectivity index (χ3v) is 5.70. The summed E-state index contributed by atoms with van der Waals surface area (Å²) in [7, 11) is 3.07. The summed E-state index contributed by atoms with van der Waals surface area (Å²) in [6.45, 7) is 1.70. The molecule has 3 N–H and O–H groups in total. The Morgan fingerprint density at radius 1 is 0.946 bits per heavy atom. The molecule has 4 aromatic rings. The van der Waals surface area contributed by atoms with Crippen LogP contribution in [0.25, 0.3) is 10.8 Å². The molecule has 0 aliphatic rings. The lowest BCUT2D eigenvalue weighted by molar-refractivity contribution is -0.123. The first kappa shape index (κ1) is 25.1. The number of hydrazone groups is 1. The van der Waals surface area contributed by atoms with Gasteiger partial charge < -0.3 is 14.8 Å². The van der Waals surface area contributed by atoms with Crippen molar-refractivity contribution in [1.82, 2.24) is 20.9 Å². The Labute approximate surface area is 212 Å². The lowest BCUT2D eigenvalue weighted by atomic mass is 10.0. The number of aromatic amines is 1. The number of hydrogen-bond acceptors (Lipinski definition) is 7. The number of amides is 2. The van der Waals surface area contributed by atoms with E-state index < -0.39 is 23.4 Å². The molecule has 1 unspecified atom stereocenters. The van der Waals surface area contributed by atoms with Crippen LogP contribution in [-0.2, 0) is 4.79 Å². The molecule has 0 saturated carbocycles. The van der Waals surface area contributed by atoms with Gasteiger partial charge in [-0.05, 0) is 37.3 Å². The summed E-state index contributed by atoms with van der Waals surface area (Å²) in [4.78, 5) is 38.7. The highest BCUT2D eigenvalue weighted by molar-refractivity contribution is 6.03. The van der Waals surface area contributed by atoms with Crippen molar-refractivity contribution < 1.29 is 19.1 Å². The van der Waals surface area contributed by atoms with Gasteiger partial charge in [0.25, 0.3) is 17.4 Å². The zero-order valence-corrected chi connectivity index (χ0v) is 20.4. The second-order valence-electron chi connectivity index (χ2n) is 8.00. The van der Waals surface area contributed by atoms with Gasteiger partial charge in [-0.3, -0.25) is 14.4 Å². The summed E-state index contributed by atoms with van der Waals surface area (Å²) < 4.78 is 10.6. The topological polar surface area (TPSA) is 135 Å². The molecule has 0 bridgehead atoms. The Hall–Kier alpha value is -4.99. The molecule has 0 spiro atoms. The van der Waals surface area contributed by atoms with Crippen LogP contribution in [0, 0.1) is 0 Å². The number of rotatable bonds is 8. The maximum absolute atomic E-state index is 13.4. The average molecular weight is 500 g/mol. The number of benzene rings is 3. The molecule has 2 amide bonds. The van der Waals surface area contributed by atoms with Crippen LogP contribution >= 0.6 is 0 Å². The highest BCUT2D eigenvalue weighted by atomic mass is 16.5. The molecule has 0 fully saturated rings. The van der Waals surface area contributed by atoms with Gasteiger partial charge >= 0.3 is 0 Å². The zero-order chi connectivity index (χ0) is 26.4. The number of fused-ring (bicyclic) bond motifs is 1. The number of methoxy groups -OCH3 is 2. The number of aromatic nitrogens is 2. The van der Waals surface area contributed by atoms with E-state index in [0.29, 0.717) is 39.1 Å². The van der Waals surface area contributed by atoms with Crippen LogP contribution < -0.4 is 25.8 Å². The van der Waals surface area contributed by atoms with Gasteiger partial charge in [0.05, 0.1) is 25.3 Å². The second-order valence-corrected chi connectivity index (χ2v) is 8.00. The minimum absolute atomic E-state index is 0.173. The van der Waals surface area contributed by atoms with Crippen LogP contribution in [0.5, 0.6) is 11.5 Å². The van der Waals surface area contributed by atoms with Crippen LogP contribution in [0.1, 0.15) is 34.6 Å². The Morgan fingerprint density at radius 3 is 2.35 bits per heavy atom. The number of hydrogen-bond donors (Lipinski definition) is 3. The van der Waals surface area contributed by atoms with Crippen LogP contribution in [-0.4, -0.2) is 41.9 Å². The van der Waals surface area contributed by atoms with E-state index in [2.05, 4.69) is 26.0 Å². The number of H-pyrrole nitrogens is 1. The fourth-order valence-electron chi connectivity index (χ4n) is 3.78. The third kappa shape index (κ3) is 5.48. The monoisotopic (exact) mass is 499 g/mol. The Morgan fingerprint density at radius 2 is 1.65 bits per heavy atom. The van der Waals surface area contributed by atoms with Crippen molar-refractivity contribution >= 4 is 28.3 Å². The summed E-state index contributed by atoms with van der Waals surface area (Å²) in [6.07, 6.45) is 0.